The molecule has 1 aromatic rings. The van der Waals surface area contributed by atoms with Crippen LogP contribution in [0, 0.1) is 10.1 Å². The number of aliphatic hydroxyl groups is 1. The lowest BCUT2D eigenvalue weighted by atomic mass is 9.88. The molecule has 0 spiro atoms. The minimum atomic E-state index is -4.68. The third-order valence-electron chi connectivity index (χ3n) is 3.25. The zero-order valence-electron chi connectivity index (χ0n) is 10.8. The van der Waals surface area contributed by atoms with Crippen molar-refractivity contribution in [3.63, 3.8) is 0 Å². The second kappa shape index (κ2) is 5.49. The van der Waals surface area contributed by atoms with Crippen molar-refractivity contribution in [3.05, 3.63) is 33.9 Å². The van der Waals surface area contributed by atoms with Gasteiger partial charge in [-0.1, -0.05) is 0 Å². The molecule has 0 aromatic heterocycles. The molecule has 116 valence electrons. The van der Waals surface area contributed by atoms with Gasteiger partial charge in [-0.2, -0.15) is 13.2 Å². The molecule has 1 N–H and O–H groups in total. The molecule has 0 saturated heterocycles. The molecule has 1 aromatic carbocycles. The summed E-state index contributed by atoms with van der Waals surface area (Å²) in [7, 11) is 1.34. The van der Waals surface area contributed by atoms with Gasteiger partial charge in [0.2, 0.25) is 0 Å². The number of ether oxygens (including phenoxy) is 2. The number of nitrogens with zero attached hydrogens (tertiary/aromatic N) is 1. The van der Waals surface area contributed by atoms with E-state index in [9.17, 15) is 28.4 Å². The highest BCUT2D eigenvalue weighted by atomic mass is 19.4. The standard InChI is InChI=1S/C12H12F3NO5/c1-20-11-8(17)5-10(11)21-9-3-2-6(12(13,14)15)4-7(9)16(18)19/h2-4,8,10-11,17H,5H2,1H3. The molecule has 6 nitrogen and oxygen atoms in total. The molecule has 3 unspecified atom stereocenters. The Hall–Kier alpha value is -1.87. The molecule has 1 saturated carbocycles. The molecule has 0 amide bonds. The SMILES string of the molecule is COC1C(O)CC1Oc1ccc(C(F)(F)F)cc1[N+](=O)[O-]. The van der Waals surface area contributed by atoms with Gasteiger partial charge < -0.3 is 14.6 Å². The first-order valence-electron chi connectivity index (χ1n) is 5.97. The summed E-state index contributed by atoms with van der Waals surface area (Å²) < 4.78 is 47.9. The van der Waals surface area contributed by atoms with Crippen LogP contribution in [0.4, 0.5) is 18.9 Å². The number of alkyl halides is 3. The minimum absolute atomic E-state index is 0.191. The van der Waals surface area contributed by atoms with Crippen LogP contribution in [0.1, 0.15) is 12.0 Å². The predicted molar refractivity (Wildman–Crippen MR) is 63.9 cm³/mol. The Kier molecular flexibility index (Phi) is 4.06. The van der Waals surface area contributed by atoms with Crippen molar-refractivity contribution in [2.45, 2.75) is 30.9 Å². The zero-order valence-corrected chi connectivity index (χ0v) is 10.8. The van der Waals surface area contributed by atoms with E-state index in [0.717, 1.165) is 6.07 Å². The highest BCUT2D eigenvalue weighted by Gasteiger charge is 2.43. The molecule has 1 fully saturated rings. The number of halogens is 3. The molecule has 9 heteroatoms. The molecule has 0 aliphatic heterocycles. The fourth-order valence-electron chi connectivity index (χ4n) is 2.08. The van der Waals surface area contributed by atoms with Crippen LogP contribution < -0.4 is 4.74 Å². The maximum Gasteiger partial charge on any atom is 0.416 e. The Labute approximate surface area is 117 Å². The van der Waals surface area contributed by atoms with Crippen LogP contribution in [-0.2, 0) is 10.9 Å². The summed E-state index contributed by atoms with van der Waals surface area (Å²) in [6, 6.07) is 2.03. The van der Waals surface area contributed by atoms with Gasteiger partial charge in [-0.05, 0) is 12.1 Å². The molecule has 0 bridgehead atoms. The fraction of sp³-hybridized carbons (Fsp3) is 0.500. The van der Waals surface area contributed by atoms with Crippen molar-refractivity contribution in [1.82, 2.24) is 0 Å². The van der Waals surface area contributed by atoms with E-state index in [-0.39, 0.29) is 12.2 Å². The molecule has 2 rings (SSSR count). The first-order chi connectivity index (χ1) is 9.74. The molecule has 1 aliphatic carbocycles. The molecule has 0 radical (unpaired) electrons. The summed E-state index contributed by atoms with van der Waals surface area (Å²) in [6.45, 7) is 0. The van der Waals surface area contributed by atoms with E-state index < -0.39 is 40.7 Å². The summed E-state index contributed by atoms with van der Waals surface area (Å²) in [4.78, 5) is 9.94. The van der Waals surface area contributed by atoms with Crippen LogP contribution in [0.3, 0.4) is 0 Å². The molecular formula is C12H12F3NO5. The smallest absolute Gasteiger partial charge is 0.416 e. The maximum absolute atomic E-state index is 12.6. The van der Waals surface area contributed by atoms with Gasteiger partial charge in [0.25, 0.3) is 0 Å². The van der Waals surface area contributed by atoms with Crippen molar-refractivity contribution >= 4 is 5.69 Å². The van der Waals surface area contributed by atoms with Crippen molar-refractivity contribution in [2.75, 3.05) is 7.11 Å². The highest BCUT2D eigenvalue weighted by Crippen LogP contribution is 2.38. The summed E-state index contributed by atoms with van der Waals surface area (Å²) in [5, 5.41) is 20.3. The maximum atomic E-state index is 12.6. The van der Waals surface area contributed by atoms with Crippen LogP contribution in [0.25, 0.3) is 0 Å². The van der Waals surface area contributed by atoms with Gasteiger partial charge >= 0.3 is 11.9 Å². The quantitative estimate of drug-likeness (QED) is 0.681. The fourth-order valence-corrected chi connectivity index (χ4v) is 2.08. The number of methoxy groups -OCH3 is 1. The second-order valence-corrected chi connectivity index (χ2v) is 4.60. The normalized spacial score (nSPS) is 25.3. The molecule has 1 aliphatic rings. The first kappa shape index (κ1) is 15.5. The summed E-state index contributed by atoms with van der Waals surface area (Å²) in [5.41, 5.74) is -1.90. The summed E-state index contributed by atoms with van der Waals surface area (Å²) in [6.07, 6.45) is -6.54. The lowest BCUT2D eigenvalue weighted by Gasteiger charge is -2.39. The zero-order chi connectivity index (χ0) is 15.8. The Morgan fingerprint density at radius 1 is 1.43 bits per heavy atom. The average Bonchev–Trinajstić information content (AvgIpc) is 2.37. The van der Waals surface area contributed by atoms with Crippen LogP contribution in [-0.4, -0.2) is 35.5 Å². The van der Waals surface area contributed by atoms with Crippen molar-refractivity contribution < 1.29 is 32.7 Å². The third kappa shape index (κ3) is 3.08. The molecule has 0 heterocycles. The number of aliphatic hydroxyl groups excluding tert-OH is 1. The van der Waals surface area contributed by atoms with Crippen LogP contribution in [0.5, 0.6) is 5.75 Å². The van der Waals surface area contributed by atoms with Crippen molar-refractivity contribution in [1.29, 1.82) is 0 Å². The van der Waals surface area contributed by atoms with Gasteiger partial charge in [0, 0.05) is 19.6 Å². The van der Waals surface area contributed by atoms with E-state index >= 15 is 0 Å². The van der Waals surface area contributed by atoms with E-state index in [1.807, 2.05) is 0 Å². The van der Waals surface area contributed by atoms with Gasteiger partial charge in [-0.15, -0.1) is 0 Å². The van der Waals surface area contributed by atoms with Gasteiger partial charge in [-0.25, -0.2) is 0 Å². The van der Waals surface area contributed by atoms with E-state index in [4.69, 9.17) is 9.47 Å². The molecule has 3 atom stereocenters. The summed E-state index contributed by atoms with van der Waals surface area (Å²) >= 11 is 0. The highest BCUT2D eigenvalue weighted by molar-refractivity contribution is 5.49. The number of nitro groups is 1. The largest absolute Gasteiger partial charge is 0.481 e. The third-order valence-corrected chi connectivity index (χ3v) is 3.25. The minimum Gasteiger partial charge on any atom is -0.481 e. The van der Waals surface area contributed by atoms with Gasteiger partial charge in [0.05, 0.1) is 16.6 Å². The predicted octanol–water partition coefficient (Wildman–Crippen LogP) is 2.14. The van der Waals surface area contributed by atoms with Gasteiger partial charge in [0.1, 0.15) is 12.2 Å². The monoisotopic (exact) mass is 307 g/mol. The first-order valence-corrected chi connectivity index (χ1v) is 5.97. The number of benzene rings is 1. The Balaban J connectivity index is 2.26. The van der Waals surface area contributed by atoms with Gasteiger partial charge in [0.15, 0.2) is 5.75 Å². The van der Waals surface area contributed by atoms with Crippen molar-refractivity contribution in [3.8, 4) is 5.75 Å². The number of nitro benzene ring substituents is 1. The van der Waals surface area contributed by atoms with Crippen molar-refractivity contribution in [2.24, 2.45) is 0 Å². The second-order valence-electron chi connectivity index (χ2n) is 4.60. The number of hydrogen-bond acceptors (Lipinski definition) is 5. The Morgan fingerprint density at radius 3 is 2.57 bits per heavy atom. The molecule has 21 heavy (non-hydrogen) atoms. The lowest BCUT2D eigenvalue weighted by Crippen LogP contribution is -2.54. The van der Waals surface area contributed by atoms with Crippen LogP contribution in [0.2, 0.25) is 0 Å². The Morgan fingerprint density at radius 2 is 2.10 bits per heavy atom. The van der Waals surface area contributed by atoms with E-state index in [1.165, 1.54) is 7.11 Å². The average molecular weight is 307 g/mol. The number of hydrogen-bond donors (Lipinski definition) is 1. The number of rotatable bonds is 4. The topological polar surface area (TPSA) is 81.8 Å². The van der Waals surface area contributed by atoms with Crippen LogP contribution in [0.15, 0.2) is 18.2 Å². The van der Waals surface area contributed by atoms with Crippen LogP contribution >= 0.6 is 0 Å². The lowest BCUT2D eigenvalue weighted by molar-refractivity contribution is -0.386. The summed E-state index contributed by atoms with van der Waals surface area (Å²) in [5.74, 6) is -0.285. The van der Waals surface area contributed by atoms with E-state index in [1.54, 1.807) is 0 Å². The molecular weight excluding hydrogens is 295 g/mol. The Bertz CT molecular complexity index is 548. The van der Waals surface area contributed by atoms with E-state index in [0.29, 0.717) is 12.1 Å². The van der Waals surface area contributed by atoms with Gasteiger partial charge in [-0.3, -0.25) is 10.1 Å². The van der Waals surface area contributed by atoms with E-state index in [2.05, 4.69) is 0 Å².